The maximum Gasteiger partial charge on any atom is 0.407 e. The van der Waals surface area contributed by atoms with Crippen molar-refractivity contribution in [1.29, 1.82) is 0 Å². The van der Waals surface area contributed by atoms with Crippen molar-refractivity contribution in [3.63, 3.8) is 0 Å². The summed E-state index contributed by atoms with van der Waals surface area (Å²) in [4.78, 5) is 21.7. The molecule has 0 bridgehead atoms. The van der Waals surface area contributed by atoms with Gasteiger partial charge in [-0.05, 0) is 34.1 Å². The Hall–Kier alpha value is -1.56. The first-order chi connectivity index (χ1) is 9.20. The number of amides is 1. The standard InChI is InChI=1S/C14H26N2O4/c1-11(7-8-12(17)18)15-9-5-6-10-16-13(19)20-14(2,3)4/h5-6,11,15H,7-10H2,1-4H3,(H,16,19)(H,17,18)/b6-5+. The minimum absolute atomic E-state index is 0.148. The molecule has 20 heavy (non-hydrogen) atoms. The fourth-order valence-electron chi connectivity index (χ4n) is 1.33. The molecule has 0 heterocycles. The van der Waals surface area contributed by atoms with Gasteiger partial charge in [0.2, 0.25) is 0 Å². The van der Waals surface area contributed by atoms with Gasteiger partial charge in [-0.25, -0.2) is 4.79 Å². The summed E-state index contributed by atoms with van der Waals surface area (Å²) in [6.45, 7) is 8.41. The third kappa shape index (κ3) is 12.9. The van der Waals surface area contributed by atoms with Crippen molar-refractivity contribution in [2.75, 3.05) is 13.1 Å². The van der Waals surface area contributed by atoms with Crippen molar-refractivity contribution in [2.45, 2.75) is 52.2 Å². The van der Waals surface area contributed by atoms with Crippen LogP contribution in [0.1, 0.15) is 40.5 Å². The molecule has 1 unspecified atom stereocenters. The Labute approximate surface area is 120 Å². The molecule has 3 N–H and O–H groups in total. The summed E-state index contributed by atoms with van der Waals surface area (Å²) in [6.07, 6.45) is 4.03. The highest BCUT2D eigenvalue weighted by Gasteiger charge is 2.14. The van der Waals surface area contributed by atoms with E-state index >= 15 is 0 Å². The molecule has 0 rings (SSSR count). The smallest absolute Gasteiger partial charge is 0.407 e. The van der Waals surface area contributed by atoms with E-state index in [1.807, 2.05) is 39.8 Å². The minimum atomic E-state index is -0.782. The first-order valence-electron chi connectivity index (χ1n) is 6.77. The van der Waals surface area contributed by atoms with E-state index in [9.17, 15) is 9.59 Å². The lowest BCUT2D eigenvalue weighted by molar-refractivity contribution is -0.137. The predicted octanol–water partition coefficient (Wildman–Crippen LogP) is 1.91. The molecule has 0 saturated heterocycles. The maximum atomic E-state index is 11.3. The van der Waals surface area contributed by atoms with Gasteiger partial charge in [0.1, 0.15) is 5.60 Å². The molecule has 0 aromatic carbocycles. The third-order valence-corrected chi connectivity index (χ3v) is 2.31. The second kappa shape index (κ2) is 9.36. The van der Waals surface area contributed by atoms with Crippen LogP contribution in [0.15, 0.2) is 12.2 Å². The highest BCUT2D eigenvalue weighted by Crippen LogP contribution is 2.06. The Morgan fingerprint density at radius 1 is 1.25 bits per heavy atom. The number of rotatable bonds is 8. The second-order valence-electron chi connectivity index (χ2n) is 5.60. The van der Waals surface area contributed by atoms with Gasteiger partial charge in [-0.2, -0.15) is 0 Å². The van der Waals surface area contributed by atoms with Crippen LogP contribution in [0.3, 0.4) is 0 Å². The lowest BCUT2D eigenvalue weighted by Crippen LogP contribution is -2.32. The molecule has 0 aromatic rings. The second-order valence-corrected chi connectivity index (χ2v) is 5.60. The van der Waals surface area contributed by atoms with Gasteiger partial charge in [0.25, 0.3) is 0 Å². The summed E-state index contributed by atoms with van der Waals surface area (Å²) in [5, 5.41) is 14.3. The van der Waals surface area contributed by atoms with Crippen LogP contribution in [0.2, 0.25) is 0 Å². The van der Waals surface area contributed by atoms with E-state index in [1.54, 1.807) is 0 Å². The number of nitrogens with one attached hydrogen (secondary N) is 2. The lowest BCUT2D eigenvalue weighted by atomic mass is 10.2. The predicted molar refractivity (Wildman–Crippen MR) is 77.7 cm³/mol. The highest BCUT2D eigenvalue weighted by molar-refractivity contribution is 5.67. The van der Waals surface area contributed by atoms with Crippen molar-refractivity contribution >= 4 is 12.1 Å². The number of carboxylic acids is 1. The fourth-order valence-corrected chi connectivity index (χ4v) is 1.33. The first kappa shape index (κ1) is 18.4. The molecule has 0 fully saturated rings. The molecular weight excluding hydrogens is 260 g/mol. The zero-order valence-corrected chi connectivity index (χ0v) is 12.7. The Kier molecular flexibility index (Phi) is 8.63. The van der Waals surface area contributed by atoms with Crippen LogP contribution in [0.5, 0.6) is 0 Å². The van der Waals surface area contributed by atoms with E-state index in [0.29, 0.717) is 19.5 Å². The minimum Gasteiger partial charge on any atom is -0.481 e. The van der Waals surface area contributed by atoms with Gasteiger partial charge in [-0.15, -0.1) is 0 Å². The molecule has 0 radical (unpaired) electrons. The number of carbonyl (C=O) groups is 2. The summed E-state index contributed by atoms with van der Waals surface area (Å²) >= 11 is 0. The van der Waals surface area contributed by atoms with Crippen LogP contribution in [0.25, 0.3) is 0 Å². The summed E-state index contributed by atoms with van der Waals surface area (Å²) in [6, 6.07) is 0.148. The van der Waals surface area contributed by atoms with E-state index in [2.05, 4.69) is 10.6 Å². The molecule has 0 aliphatic carbocycles. The van der Waals surface area contributed by atoms with Gasteiger partial charge < -0.3 is 20.5 Å². The van der Waals surface area contributed by atoms with Crippen molar-refractivity contribution < 1.29 is 19.4 Å². The normalized spacial score (nSPS) is 13.2. The summed E-state index contributed by atoms with van der Waals surface area (Å²) in [5.74, 6) is -0.782. The van der Waals surface area contributed by atoms with Crippen LogP contribution in [0.4, 0.5) is 4.79 Å². The number of ether oxygens (including phenoxy) is 1. The van der Waals surface area contributed by atoms with Gasteiger partial charge in [-0.3, -0.25) is 4.79 Å². The molecule has 6 nitrogen and oxygen atoms in total. The van der Waals surface area contributed by atoms with Gasteiger partial charge in [0, 0.05) is 25.6 Å². The number of hydrogen-bond donors (Lipinski definition) is 3. The summed E-state index contributed by atoms with van der Waals surface area (Å²) in [5.41, 5.74) is -0.491. The van der Waals surface area contributed by atoms with E-state index in [4.69, 9.17) is 9.84 Å². The average Bonchev–Trinajstić information content (AvgIpc) is 2.28. The topological polar surface area (TPSA) is 87.7 Å². The maximum absolute atomic E-state index is 11.3. The summed E-state index contributed by atoms with van der Waals surface area (Å²) < 4.78 is 5.08. The van der Waals surface area contributed by atoms with Crippen molar-refractivity contribution in [2.24, 2.45) is 0 Å². The summed E-state index contributed by atoms with van der Waals surface area (Å²) in [7, 11) is 0. The van der Waals surface area contributed by atoms with Gasteiger partial charge in [-0.1, -0.05) is 12.2 Å². The SMILES string of the molecule is CC(CCC(=O)O)NC/C=C/CNC(=O)OC(C)(C)C. The van der Waals surface area contributed by atoms with Crippen molar-refractivity contribution in [3.05, 3.63) is 12.2 Å². The Bertz CT molecular complexity index is 335. The van der Waals surface area contributed by atoms with E-state index in [0.717, 1.165) is 0 Å². The molecule has 0 aliphatic heterocycles. The Morgan fingerprint density at radius 2 is 1.85 bits per heavy atom. The molecule has 0 spiro atoms. The number of aliphatic carboxylic acids is 1. The van der Waals surface area contributed by atoms with Crippen LogP contribution in [-0.2, 0) is 9.53 Å². The van der Waals surface area contributed by atoms with Gasteiger partial charge in [0.15, 0.2) is 0 Å². The molecule has 116 valence electrons. The molecule has 1 atom stereocenters. The monoisotopic (exact) mass is 286 g/mol. The van der Waals surface area contributed by atoms with Crippen LogP contribution >= 0.6 is 0 Å². The zero-order chi connectivity index (χ0) is 15.6. The van der Waals surface area contributed by atoms with Gasteiger partial charge in [0.05, 0.1) is 0 Å². The zero-order valence-electron chi connectivity index (χ0n) is 12.7. The van der Waals surface area contributed by atoms with Crippen molar-refractivity contribution in [3.8, 4) is 0 Å². The molecule has 6 heteroatoms. The molecule has 0 saturated carbocycles. The molecule has 0 aromatic heterocycles. The molecular formula is C14H26N2O4. The van der Waals surface area contributed by atoms with Crippen LogP contribution in [-0.4, -0.2) is 41.9 Å². The third-order valence-electron chi connectivity index (χ3n) is 2.31. The fraction of sp³-hybridized carbons (Fsp3) is 0.714. The number of alkyl carbamates (subject to hydrolysis) is 1. The largest absolute Gasteiger partial charge is 0.481 e. The van der Waals surface area contributed by atoms with E-state index in [-0.39, 0.29) is 12.5 Å². The number of carbonyl (C=O) groups excluding carboxylic acids is 1. The number of carboxylic acid groups (broad SMARTS) is 1. The first-order valence-corrected chi connectivity index (χ1v) is 6.77. The lowest BCUT2D eigenvalue weighted by Gasteiger charge is -2.19. The quantitative estimate of drug-likeness (QED) is 0.593. The van der Waals surface area contributed by atoms with Crippen LogP contribution in [0, 0.1) is 0 Å². The number of hydrogen-bond acceptors (Lipinski definition) is 4. The molecule has 0 aliphatic rings. The van der Waals surface area contributed by atoms with Crippen LogP contribution < -0.4 is 10.6 Å². The highest BCUT2D eigenvalue weighted by atomic mass is 16.6. The van der Waals surface area contributed by atoms with E-state index in [1.165, 1.54) is 0 Å². The van der Waals surface area contributed by atoms with Gasteiger partial charge >= 0.3 is 12.1 Å². The Morgan fingerprint density at radius 3 is 2.40 bits per heavy atom. The Balaban J connectivity index is 3.62. The van der Waals surface area contributed by atoms with E-state index < -0.39 is 17.7 Å². The average molecular weight is 286 g/mol. The molecule has 1 amide bonds. The van der Waals surface area contributed by atoms with Crippen molar-refractivity contribution in [1.82, 2.24) is 10.6 Å².